The van der Waals surface area contributed by atoms with Gasteiger partial charge in [-0.1, -0.05) is 34.6 Å². The van der Waals surface area contributed by atoms with E-state index < -0.39 is 0 Å². The first-order valence-corrected chi connectivity index (χ1v) is 5.21. The van der Waals surface area contributed by atoms with Crippen LogP contribution in [0, 0.1) is 11.3 Å². The molecule has 1 atom stereocenters. The van der Waals surface area contributed by atoms with Gasteiger partial charge in [0.25, 0.3) is 0 Å². The van der Waals surface area contributed by atoms with Crippen molar-refractivity contribution >= 4 is 0 Å². The summed E-state index contributed by atoms with van der Waals surface area (Å²) in [6.45, 7) is 9.90. The minimum atomic E-state index is -0.387. The average molecular weight is 206 g/mol. The van der Waals surface area contributed by atoms with Crippen molar-refractivity contribution in [1.82, 2.24) is 0 Å². The summed E-state index contributed by atoms with van der Waals surface area (Å²) < 4.78 is 0. The molecule has 1 unspecified atom stereocenters. The Hall–Kier alpha value is -0.120. The molecule has 88 valence electrons. The fourth-order valence-electron chi connectivity index (χ4n) is 0.658. The monoisotopic (exact) mass is 206 g/mol. The molecule has 0 aromatic rings. The van der Waals surface area contributed by atoms with Crippen LogP contribution in [0.1, 0.15) is 41.0 Å². The van der Waals surface area contributed by atoms with Crippen molar-refractivity contribution in [2.45, 2.75) is 47.1 Å². The fraction of sp³-hybridized carbons (Fsp3) is 1.00. The molecule has 0 bridgehead atoms. The molecular weight excluding hydrogens is 180 g/mol. The first-order valence-electron chi connectivity index (χ1n) is 5.21. The Morgan fingerprint density at radius 3 is 1.57 bits per heavy atom. The van der Waals surface area contributed by atoms with E-state index in [1.54, 1.807) is 0 Å². The maximum absolute atomic E-state index is 9.23. The van der Waals surface area contributed by atoms with Gasteiger partial charge >= 0.3 is 0 Å². The third-order valence-electron chi connectivity index (χ3n) is 2.06. The zero-order valence-corrected chi connectivity index (χ0v) is 10.1. The van der Waals surface area contributed by atoms with Gasteiger partial charge < -0.3 is 15.3 Å². The van der Waals surface area contributed by atoms with Crippen LogP contribution in [-0.2, 0) is 0 Å². The molecule has 0 fully saturated rings. The zero-order valence-electron chi connectivity index (χ0n) is 10.1. The van der Waals surface area contributed by atoms with Crippen molar-refractivity contribution in [1.29, 1.82) is 0 Å². The molecule has 0 amide bonds. The smallest absolute Gasteiger partial charge is 0.0610 e. The number of aliphatic hydroxyl groups excluding tert-OH is 3. The Balaban J connectivity index is 0. The zero-order chi connectivity index (χ0) is 11.8. The Morgan fingerprint density at radius 1 is 1.14 bits per heavy atom. The molecule has 0 aromatic heterocycles. The van der Waals surface area contributed by atoms with Gasteiger partial charge in [0.15, 0.2) is 0 Å². The van der Waals surface area contributed by atoms with Gasteiger partial charge in [-0.25, -0.2) is 0 Å². The van der Waals surface area contributed by atoms with Crippen LogP contribution in [0.15, 0.2) is 0 Å². The van der Waals surface area contributed by atoms with Crippen LogP contribution < -0.4 is 0 Å². The second-order valence-electron chi connectivity index (χ2n) is 4.65. The van der Waals surface area contributed by atoms with Crippen molar-refractivity contribution < 1.29 is 15.3 Å². The first-order chi connectivity index (χ1) is 6.31. The molecule has 0 rings (SSSR count). The Kier molecular flexibility index (Phi) is 9.57. The van der Waals surface area contributed by atoms with Crippen molar-refractivity contribution in [3.8, 4) is 0 Å². The van der Waals surface area contributed by atoms with E-state index in [-0.39, 0.29) is 18.1 Å². The third kappa shape index (κ3) is 8.48. The Morgan fingerprint density at radius 2 is 1.50 bits per heavy atom. The van der Waals surface area contributed by atoms with E-state index >= 15 is 0 Å². The highest BCUT2D eigenvalue weighted by molar-refractivity contribution is 4.74. The second-order valence-corrected chi connectivity index (χ2v) is 4.65. The summed E-state index contributed by atoms with van der Waals surface area (Å²) in [5.74, 6) is 0.440. The van der Waals surface area contributed by atoms with Gasteiger partial charge in [-0.3, -0.25) is 0 Å². The summed E-state index contributed by atoms with van der Waals surface area (Å²) in [6.07, 6.45) is 0.315. The van der Waals surface area contributed by atoms with E-state index in [9.17, 15) is 5.11 Å². The summed E-state index contributed by atoms with van der Waals surface area (Å²) in [5.41, 5.74) is -0.339. The van der Waals surface area contributed by atoms with Crippen LogP contribution in [-0.4, -0.2) is 34.6 Å². The molecule has 0 saturated carbocycles. The lowest BCUT2D eigenvalue weighted by Crippen LogP contribution is -2.31. The molecule has 0 aliphatic carbocycles. The van der Waals surface area contributed by atoms with E-state index in [0.29, 0.717) is 18.9 Å². The van der Waals surface area contributed by atoms with Crippen LogP contribution >= 0.6 is 0 Å². The summed E-state index contributed by atoms with van der Waals surface area (Å²) in [6, 6.07) is 0. The maximum atomic E-state index is 9.23. The standard InChI is InChI=1S/C7H16O2.C4H10O/c1-4-6(9)7(2,3)5-8;1-4(2)3-5/h6,8-9H,4-5H2,1-3H3;4-5H,3H2,1-2H3. The molecule has 0 aromatic carbocycles. The predicted octanol–water partition coefficient (Wildman–Crippen LogP) is 1.41. The Bertz CT molecular complexity index is 122. The van der Waals surface area contributed by atoms with Gasteiger partial charge in [0.2, 0.25) is 0 Å². The lowest BCUT2D eigenvalue weighted by atomic mass is 9.86. The second kappa shape index (κ2) is 8.21. The van der Waals surface area contributed by atoms with Crippen LogP contribution in [0.4, 0.5) is 0 Å². The van der Waals surface area contributed by atoms with Crippen molar-refractivity contribution in [3.63, 3.8) is 0 Å². The molecule has 0 aliphatic heterocycles. The van der Waals surface area contributed by atoms with Crippen molar-refractivity contribution in [2.75, 3.05) is 13.2 Å². The average Bonchev–Trinajstić information content (AvgIpc) is 2.17. The molecule has 0 radical (unpaired) electrons. The van der Waals surface area contributed by atoms with E-state index in [4.69, 9.17) is 10.2 Å². The fourth-order valence-corrected chi connectivity index (χ4v) is 0.658. The number of hydrogen-bond donors (Lipinski definition) is 3. The summed E-state index contributed by atoms with van der Waals surface area (Å²) in [4.78, 5) is 0. The predicted molar refractivity (Wildman–Crippen MR) is 59.1 cm³/mol. The minimum absolute atomic E-state index is 0.0437. The van der Waals surface area contributed by atoms with Gasteiger partial charge in [-0.05, 0) is 12.3 Å². The number of rotatable bonds is 4. The highest BCUT2D eigenvalue weighted by Crippen LogP contribution is 2.21. The topological polar surface area (TPSA) is 60.7 Å². The first kappa shape index (κ1) is 16.3. The van der Waals surface area contributed by atoms with Gasteiger partial charge in [-0.2, -0.15) is 0 Å². The highest BCUT2D eigenvalue weighted by atomic mass is 16.3. The lowest BCUT2D eigenvalue weighted by molar-refractivity contribution is 0.00591. The van der Waals surface area contributed by atoms with Gasteiger partial charge in [0.05, 0.1) is 12.7 Å². The molecule has 0 spiro atoms. The maximum Gasteiger partial charge on any atom is 0.0610 e. The molecule has 14 heavy (non-hydrogen) atoms. The quantitative estimate of drug-likeness (QED) is 0.652. The molecule has 3 heteroatoms. The molecule has 0 aliphatic rings. The third-order valence-corrected chi connectivity index (χ3v) is 2.06. The largest absolute Gasteiger partial charge is 0.396 e. The van der Waals surface area contributed by atoms with Gasteiger partial charge in [-0.15, -0.1) is 0 Å². The van der Waals surface area contributed by atoms with Gasteiger partial charge in [0.1, 0.15) is 0 Å². The molecule has 0 heterocycles. The van der Waals surface area contributed by atoms with Crippen LogP contribution in [0.3, 0.4) is 0 Å². The summed E-state index contributed by atoms with van der Waals surface area (Å²) in [7, 11) is 0. The van der Waals surface area contributed by atoms with Crippen LogP contribution in [0.2, 0.25) is 0 Å². The van der Waals surface area contributed by atoms with Crippen molar-refractivity contribution in [2.24, 2.45) is 11.3 Å². The molecule has 3 N–H and O–H groups in total. The Labute approximate surface area is 87.8 Å². The van der Waals surface area contributed by atoms with Gasteiger partial charge in [0, 0.05) is 12.0 Å². The summed E-state index contributed by atoms with van der Waals surface area (Å²) in [5, 5.41) is 26.1. The van der Waals surface area contributed by atoms with E-state index in [0.717, 1.165) is 0 Å². The molecule has 0 saturated heterocycles. The summed E-state index contributed by atoms with van der Waals surface area (Å²) >= 11 is 0. The van der Waals surface area contributed by atoms with E-state index in [1.165, 1.54) is 0 Å². The SMILES string of the molecule is CC(C)CO.CCC(O)C(C)(C)CO. The minimum Gasteiger partial charge on any atom is -0.396 e. The molecular formula is C11H26O3. The van der Waals surface area contributed by atoms with Crippen molar-refractivity contribution in [3.05, 3.63) is 0 Å². The van der Waals surface area contributed by atoms with Crippen LogP contribution in [0.25, 0.3) is 0 Å². The number of aliphatic hydroxyl groups is 3. The van der Waals surface area contributed by atoms with Crippen LogP contribution in [0.5, 0.6) is 0 Å². The number of hydrogen-bond acceptors (Lipinski definition) is 3. The highest BCUT2D eigenvalue weighted by Gasteiger charge is 2.24. The van der Waals surface area contributed by atoms with E-state index in [1.807, 2.05) is 34.6 Å². The molecule has 3 nitrogen and oxygen atoms in total. The lowest BCUT2D eigenvalue weighted by Gasteiger charge is -2.26. The van der Waals surface area contributed by atoms with E-state index in [2.05, 4.69) is 0 Å². The normalized spacial score (nSPS) is 13.5.